The van der Waals surface area contributed by atoms with Crippen molar-refractivity contribution in [2.24, 2.45) is 11.8 Å². The highest BCUT2D eigenvalue weighted by atomic mass is 16.3. The van der Waals surface area contributed by atoms with Crippen LogP contribution in [0.1, 0.15) is 13.8 Å². The van der Waals surface area contributed by atoms with Crippen molar-refractivity contribution in [2.45, 2.75) is 26.1 Å². The SMILES string of the molecule is C[CH]C1C(O)C(=O)C(O)C1C. The highest BCUT2D eigenvalue weighted by Crippen LogP contribution is 2.31. The molecule has 4 atom stereocenters. The van der Waals surface area contributed by atoms with E-state index in [9.17, 15) is 15.0 Å². The van der Waals surface area contributed by atoms with E-state index in [4.69, 9.17) is 0 Å². The zero-order chi connectivity index (χ0) is 8.59. The fraction of sp³-hybridized carbons (Fsp3) is 0.750. The van der Waals surface area contributed by atoms with Gasteiger partial charge >= 0.3 is 0 Å². The maximum absolute atomic E-state index is 11.0. The van der Waals surface area contributed by atoms with Crippen molar-refractivity contribution in [3.63, 3.8) is 0 Å². The van der Waals surface area contributed by atoms with Crippen LogP contribution >= 0.6 is 0 Å². The molecule has 1 rings (SSSR count). The molecule has 0 aromatic heterocycles. The maximum Gasteiger partial charge on any atom is 0.190 e. The second kappa shape index (κ2) is 2.91. The van der Waals surface area contributed by atoms with E-state index in [-0.39, 0.29) is 11.8 Å². The van der Waals surface area contributed by atoms with Crippen molar-refractivity contribution >= 4 is 5.78 Å². The monoisotopic (exact) mass is 157 g/mol. The van der Waals surface area contributed by atoms with Crippen LogP contribution in [0, 0.1) is 18.3 Å². The lowest BCUT2D eigenvalue weighted by Crippen LogP contribution is -2.24. The van der Waals surface area contributed by atoms with E-state index in [1.807, 2.05) is 0 Å². The van der Waals surface area contributed by atoms with Crippen LogP contribution in [0.4, 0.5) is 0 Å². The molecule has 1 aliphatic carbocycles. The Morgan fingerprint density at radius 2 is 1.91 bits per heavy atom. The molecular formula is C8H13O3. The Bertz CT molecular complexity index is 167. The Morgan fingerprint density at radius 1 is 1.36 bits per heavy atom. The summed E-state index contributed by atoms with van der Waals surface area (Å²) in [6.07, 6.45) is -0.208. The Labute approximate surface area is 66.0 Å². The van der Waals surface area contributed by atoms with Gasteiger partial charge in [-0.3, -0.25) is 4.79 Å². The van der Waals surface area contributed by atoms with Gasteiger partial charge in [-0.05, 0) is 12.3 Å². The molecule has 0 spiro atoms. The first-order valence-corrected chi connectivity index (χ1v) is 3.79. The van der Waals surface area contributed by atoms with E-state index >= 15 is 0 Å². The standard InChI is InChI=1S/C8H13O3/c1-3-5-4(2)6(9)8(11)7(5)10/h3-7,9-10H,1-2H3. The lowest BCUT2D eigenvalue weighted by Gasteiger charge is -2.14. The van der Waals surface area contributed by atoms with Gasteiger partial charge in [0.25, 0.3) is 0 Å². The highest BCUT2D eigenvalue weighted by Gasteiger charge is 2.44. The van der Waals surface area contributed by atoms with Gasteiger partial charge in [-0.25, -0.2) is 0 Å². The highest BCUT2D eigenvalue weighted by molar-refractivity contribution is 5.90. The number of carbonyl (C=O) groups excluding carboxylic acids is 1. The van der Waals surface area contributed by atoms with E-state index in [0.29, 0.717) is 0 Å². The first kappa shape index (κ1) is 8.68. The lowest BCUT2D eigenvalue weighted by atomic mass is 9.93. The molecule has 11 heavy (non-hydrogen) atoms. The van der Waals surface area contributed by atoms with Gasteiger partial charge in [0.2, 0.25) is 0 Å². The van der Waals surface area contributed by atoms with Crippen molar-refractivity contribution in [2.75, 3.05) is 0 Å². The molecule has 1 saturated carbocycles. The minimum Gasteiger partial charge on any atom is -0.385 e. The number of carbonyl (C=O) groups is 1. The molecular weight excluding hydrogens is 144 g/mol. The molecule has 0 aromatic rings. The molecule has 1 fully saturated rings. The predicted molar refractivity (Wildman–Crippen MR) is 39.6 cm³/mol. The van der Waals surface area contributed by atoms with Gasteiger partial charge in [0.05, 0.1) is 0 Å². The number of Topliss-reactive ketones (excluding diaryl/α,β-unsaturated/α-hetero) is 1. The lowest BCUT2D eigenvalue weighted by molar-refractivity contribution is -0.131. The zero-order valence-corrected chi connectivity index (χ0v) is 6.69. The number of hydrogen-bond acceptors (Lipinski definition) is 3. The van der Waals surface area contributed by atoms with E-state index < -0.39 is 18.0 Å². The smallest absolute Gasteiger partial charge is 0.190 e. The number of ketones is 1. The third-order valence-corrected chi connectivity index (χ3v) is 2.44. The van der Waals surface area contributed by atoms with Crippen LogP contribution < -0.4 is 0 Å². The molecule has 63 valence electrons. The molecule has 0 bridgehead atoms. The fourth-order valence-electron chi connectivity index (χ4n) is 1.61. The fourth-order valence-corrected chi connectivity index (χ4v) is 1.61. The molecule has 4 unspecified atom stereocenters. The average molecular weight is 157 g/mol. The number of aliphatic hydroxyl groups is 2. The minimum atomic E-state index is -0.995. The van der Waals surface area contributed by atoms with Crippen LogP contribution in [0.25, 0.3) is 0 Å². The molecule has 3 heteroatoms. The summed E-state index contributed by atoms with van der Waals surface area (Å²) in [4.78, 5) is 11.0. The Kier molecular flexibility index (Phi) is 2.30. The summed E-state index contributed by atoms with van der Waals surface area (Å²) in [5, 5.41) is 18.5. The third kappa shape index (κ3) is 1.19. The normalized spacial score (nSPS) is 44.9. The van der Waals surface area contributed by atoms with Crippen molar-refractivity contribution in [3.8, 4) is 0 Å². The molecule has 3 nitrogen and oxygen atoms in total. The van der Waals surface area contributed by atoms with Gasteiger partial charge in [0.15, 0.2) is 5.78 Å². The molecule has 0 saturated heterocycles. The van der Waals surface area contributed by atoms with E-state index in [1.54, 1.807) is 20.3 Å². The van der Waals surface area contributed by atoms with Gasteiger partial charge in [0, 0.05) is 5.92 Å². The van der Waals surface area contributed by atoms with Gasteiger partial charge in [-0.2, -0.15) is 0 Å². The first-order valence-electron chi connectivity index (χ1n) is 3.79. The Balaban J connectivity index is 2.77. The van der Waals surface area contributed by atoms with Crippen LogP contribution in [-0.2, 0) is 4.79 Å². The molecule has 0 aliphatic heterocycles. The van der Waals surface area contributed by atoms with E-state index in [2.05, 4.69) is 0 Å². The largest absolute Gasteiger partial charge is 0.385 e. The first-order chi connectivity index (χ1) is 5.09. The van der Waals surface area contributed by atoms with Gasteiger partial charge in [-0.1, -0.05) is 13.8 Å². The van der Waals surface area contributed by atoms with Crippen molar-refractivity contribution in [3.05, 3.63) is 6.42 Å². The van der Waals surface area contributed by atoms with Crippen LogP contribution in [0.3, 0.4) is 0 Å². The second-order valence-electron chi connectivity index (χ2n) is 3.06. The average Bonchev–Trinajstić information content (AvgIpc) is 2.17. The topological polar surface area (TPSA) is 57.5 Å². The summed E-state index contributed by atoms with van der Waals surface area (Å²) in [5.74, 6) is -0.777. The van der Waals surface area contributed by atoms with Gasteiger partial charge in [0.1, 0.15) is 12.2 Å². The van der Waals surface area contributed by atoms with Crippen LogP contribution in [0.5, 0.6) is 0 Å². The molecule has 2 N–H and O–H groups in total. The van der Waals surface area contributed by atoms with Gasteiger partial charge < -0.3 is 10.2 Å². The van der Waals surface area contributed by atoms with Gasteiger partial charge in [-0.15, -0.1) is 0 Å². The van der Waals surface area contributed by atoms with Crippen LogP contribution in [0.15, 0.2) is 0 Å². The predicted octanol–water partition coefficient (Wildman–Crippen LogP) is -0.233. The van der Waals surface area contributed by atoms with E-state index in [0.717, 1.165) is 0 Å². The van der Waals surface area contributed by atoms with Crippen molar-refractivity contribution in [1.29, 1.82) is 0 Å². The number of rotatable bonds is 1. The van der Waals surface area contributed by atoms with Crippen molar-refractivity contribution in [1.82, 2.24) is 0 Å². The minimum absolute atomic E-state index is 0.150. The summed E-state index contributed by atoms with van der Waals surface area (Å²) in [6, 6.07) is 0. The molecule has 0 heterocycles. The van der Waals surface area contributed by atoms with Crippen LogP contribution in [-0.4, -0.2) is 28.2 Å². The third-order valence-electron chi connectivity index (χ3n) is 2.44. The summed E-state index contributed by atoms with van der Waals surface area (Å²) >= 11 is 0. The quantitative estimate of drug-likeness (QED) is 0.552. The number of aliphatic hydroxyl groups excluding tert-OH is 2. The zero-order valence-electron chi connectivity index (χ0n) is 6.69. The molecule has 1 aliphatic rings. The van der Waals surface area contributed by atoms with E-state index in [1.165, 1.54) is 0 Å². The molecule has 0 aromatic carbocycles. The molecule has 1 radical (unpaired) electrons. The second-order valence-corrected chi connectivity index (χ2v) is 3.06. The summed E-state index contributed by atoms with van der Waals surface area (Å²) in [6.45, 7) is 3.55. The summed E-state index contributed by atoms with van der Waals surface area (Å²) in [7, 11) is 0. The summed E-state index contributed by atoms with van der Waals surface area (Å²) < 4.78 is 0. The number of hydrogen-bond donors (Lipinski definition) is 2. The Morgan fingerprint density at radius 3 is 2.09 bits per heavy atom. The maximum atomic E-state index is 11.0. The summed E-state index contributed by atoms with van der Waals surface area (Å²) in [5.41, 5.74) is 0. The van der Waals surface area contributed by atoms with Crippen molar-refractivity contribution < 1.29 is 15.0 Å². The Hall–Kier alpha value is -0.410. The van der Waals surface area contributed by atoms with Crippen LogP contribution in [0.2, 0.25) is 0 Å². The molecule has 0 amide bonds.